The number of anilines is 2. The Balaban J connectivity index is 2.33. The summed E-state index contributed by atoms with van der Waals surface area (Å²) in [5.74, 6) is -0.665. The summed E-state index contributed by atoms with van der Waals surface area (Å²) in [5.41, 5.74) is -3.21. The van der Waals surface area contributed by atoms with Crippen molar-refractivity contribution < 1.29 is 24.4 Å². The molecule has 14 nitrogen and oxygen atoms in total. The summed E-state index contributed by atoms with van der Waals surface area (Å²) in [5, 5.41) is 44.7. The second kappa shape index (κ2) is 5.87. The van der Waals surface area contributed by atoms with Gasteiger partial charge in [0.25, 0.3) is 11.4 Å². The number of nitro groups is 4. The Morgan fingerprint density at radius 3 is 1.37 bits per heavy atom. The number of non-ortho nitro benzene ring substituents is 2. The summed E-state index contributed by atoms with van der Waals surface area (Å²) in [7, 11) is 1.25. The number of rotatable bonds is 4. The number of hydrogen-bond acceptors (Lipinski definition) is 10. The largest absolute Gasteiger partial charge is 0.452 e. The molecule has 1 heterocycles. The van der Waals surface area contributed by atoms with Gasteiger partial charge in [-0.2, -0.15) is 0 Å². The molecule has 0 amide bonds. The Hall–Kier alpha value is -4.36. The molecule has 3 rings (SSSR count). The second-order valence-electron chi connectivity index (χ2n) is 5.31. The molecule has 1 aliphatic rings. The molecule has 27 heavy (non-hydrogen) atoms. The van der Waals surface area contributed by atoms with Crippen molar-refractivity contribution in [1.29, 1.82) is 0 Å². The Bertz CT molecular complexity index is 969. The summed E-state index contributed by atoms with van der Waals surface area (Å²) < 4.78 is 5.35. The molecule has 2 aromatic rings. The average Bonchev–Trinajstić information content (AvgIpc) is 2.59. The highest BCUT2D eigenvalue weighted by atomic mass is 16.6. The molecule has 0 aromatic heterocycles. The predicted molar refractivity (Wildman–Crippen MR) is 87.6 cm³/mol. The molecule has 0 atom stereocenters. The normalized spacial score (nSPS) is 11.8. The maximum absolute atomic E-state index is 11.3. The lowest BCUT2D eigenvalue weighted by atomic mass is 10.1. The van der Waals surface area contributed by atoms with Crippen LogP contribution in [-0.4, -0.2) is 26.7 Å². The highest BCUT2D eigenvalue weighted by molar-refractivity contribution is 5.90. The van der Waals surface area contributed by atoms with Crippen molar-refractivity contribution in [2.75, 3.05) is 11.9 Å². The quantitative estimate of drug-likeness (QED) is 0.565. The molecule has 0 saturated carbocycles. The minimum atomic E-state index is -0.895. The lowest BCUT2D eigenvalue weighted by Gasteiger charge is -2.28. The van der Waals surface area contributed by atoms with E-state index in [0.29, 0.717) is 12.1 Å². The first-order chi connectivity index (χ1) is 12.6. The van der Waals surface area contributed by atoms with Gasteiger partial charge in [0, 0.05) is 7.05 Å². The Morgan fingerprint density at radius 1 is 0.704 bits per heavy atom. The van der Waals surface area contributed by atoms with E-state index in [9.17, 15) is 40.5 Å². The van der Waals surface area contributed by atoms with Crippen molar-refractivity contribution >= 4 is 34.1 Å². The Kier molecular flexibility index (Phi) is 3.79. The van der Waals surface area contributed by atoms with Crippen LogP contribution in [0.5, 0.6) is 11.5 Å². The highest BCUT2D eigenvalue weighted by Crippen LogP contribution is 2.55. The van der Waals surface area contributed by atoms with Gasteiger partial charge in [-0.05, 0) is 0 Å². The monoisotopic (exact) mass is 377 g/mol. The first-order valence-corrected chi connectivity index (χ1v) is 6.97. The molecule has 0 spiro atoms. The molecule has 1 aliphatic heterocycles. The molecule has 0 fully saturated rings. The minimum absolute atomic E-state index is 0.255. The number of ether oxygens (including phenoxy) is 1. The number of benzene rings is 2. The van der Waals surface area contributed by atoms with Gasteiger partial charge in [-0.1, -0.05) is 0 Å². The van der Waals surface area contributed by atoms with Crippen molar-refractivity contribution in [2.24, 2.45) is 0 Å². The molecule has 0 aliphatic carbocycles. The van der Waals surface area contributed by atoms with Crippen LogP contribution in [0.2, 0.25) is 0 Å². The van der Waals surface area contributed by atoms with E-state index in [0.717, 1.165) is 17.0 Å². The van der Waals surface area contributed by atoms with Crippen LogP contribution in [0.15, 0.2) is 24.3 Å². The first kappa shape index (κ1) is 17.5. The number of fused-ring (bicyclic) bond motifs is 2. The maximum atomic E-state index is 11.3. The lowest BCUT2D eigenvalue weighted by molar-refractivity contribution is -0.394. The third-order valence-electron chi connectivity index (χ3n) is 3.78. The van der Waals surface area contributed by atoms with E-state index < -0.39 is 42.4 Å². The van der Waals surface area contributed by atoms with Crippen LogP contribution in [0.1, 0.15) is 0 Å². The molecule has 0 N–H and O–H groups in total. The van der Waals surface area contributed by atoms with E-state index in [1.807, 2.05) is 0 Å². The molecule has 0 bridgehead atoms. The van der Waals surface area contributed by atoms with Crippen molar-refractivity contribution in [2.45, 2.75) is 0 Å². The zero-order valence-corrected chi connectivity index (χ0v) is 13.2. The molecule has 0 saturated heterocycles. The van der Waals surface area contributed by atoms with Gasteiger partial charge in [0.15, 0.2) is 22.9 Å². The zero-order chi connectivity index (χ0) is 20.0. The van der Waals surface area contributed by atoms with Gasteiger partial charge in [0.05, 0.1) is 44.0 Å². The molecular formula is C13H7N5O9. The molecule has 0 unspecified atom stereocenters. The van der Waals surface area contributed by atoms with Crippen molar-refractivity contribution in [3.8, 4) is 11.5 Å². The minimum Gasteiger partial charge on any atom is -0.452 e. The summed E-state index contributed by atoms with van der Waals surface area (Å²) in [6.07, 6.45) is 0. The fourth-order valence-electron chi connectivity index (χ4n) is 2.71. The van der Waals surface area contributed by atoms with E-state index in [1.165, 1.54) is 7.05 Å². The molecule has 14 heteroatoms. The van der Waals surface area contributed by atoms with Crippen molar-refractivity contribution in [3.05, 3.63) is 64.7 Å². The van der Waals surface area contributed by atoms with Gasteiger partial charge in [-0.15, -0.1) is 0 Å². The predicted octanol–water partition coefficient (Wildman–Crippen LogP) is 3.19. The maximum Gasteiger partial charge on any atom is 0.303 e. The molecule has 0 radical (unpaired) electrons. The van der Waals surface area contributed by atoms with Crippen LogP contribution in [0.25, 0.3) is 0 Å². The fraction of sp³-hybridized carbons (Fsp3) is 0.0769. The van der Waals surface area contributed by atoms with Crippen LogP contribution in [0.4, 0.5) is 34.1 Å². The van der Waals surface area contributed by atoms with Gasteiger partial charge in [-0.3, -0.25) is 40.5 Å². The standard InChI is InChI=1S/C13H7N5O9/c1-14-12-8(17(23)24)2-6(15(19)20)4-10(12)27-11-5-7(16(21)22)3-9(13(11)14)18(25)26/h2-5H,1H3. The zero-order valence-electron chi connectivity index (χ0n) is 13.2. The van der Waals surface area contributed by atoms with E-state index in [2.05, 4.69) is 0 Å². The summed E-state index contributed by atoms with van der Waals surface area (Å²) in [6.45, 7) is 0. The number of nitro benzene ring substituents is 4. The van der Waals surface area contributed by atoms with E-state index in [-0.39, 0.29) is 22.9 Å². The molecular weight excluding hydrogens is 370 g/mol. The van der Waals surface area contributed by atoms with Crippen LogP contribution >= 0.6 is 0 Å². The van der Waals surface area contributed by atoms with Crippen molar-refractivity contribution in [3.63, 3.8) is 0 Å². The average molecular weight is 377 g/mol. The van der Waals surface area contributed by atoms with E-state index in [4.69, 9.17) is 4.74 Å². The second-order valence-corrected chi connectivity index (χ2v) is 5.31. The van der Waals surface area contributed by atoms with Gasteiger partial charge in [0.2, 0.25) is 0 Å². The SMILES string of the molecule is CN1c2c(cc([N+](=O)[O-])cc2[N+](=O)[O-])Oc2cc([N+](=O)[O-])cc([N+](=O)[O-])c21. The highest BCUT2D eigenvalue weighted by Gasteiger charge is 2.38. The third-order valence-corrected chi connectivity index (χ3v) is 3.78. The fourth-order valence-corrected chi connectivity index (χ4v) is 2.71. The smallest absolute Gasteiger partial charge is 0.303 e. The Morgan fingerprint density at radius 2 is 1.07 bits per heavy atom. The van der Waals surface area contributed by atoms with Crippen LogP contribution in [-0.2, 0) is 0 Å². The summed E-state index contributed by atoms with van der Waals surface area (Å²) in [4.78, 5) is 42.2. The third kappa shape index (κ3) is 2.70. The summed E-state index contributed by atoms with van der Waals surface area (Å²) in [6, 6.07) is 3.18. The topological polar surface area (TPSA) is 185 Å². The summed E-state index contributed by atoms with van der Waals surface area (Å²) >= 11 is 0. The first-order valence-electron chi connectivity index (χ1n) is 6.97. The molecule has 2 aromatic carbocycles. The van der Waals surface area contributed by atoms with Crippen LogP contribution in [0, 0.1) is 40.5 Å². The van der Waals surface area contributed by atoms with Crippen LogP contribution < -0.4 is 9.64 Å². The van der Waals surface area contributed by atoms with Crippen LogP contribution in [0.3, 0.4) is 0 Å². The lowest BCUT2D eigenvalue weighted by Crippen LogP contribution is -2.19. The van der Waals surface area contributed by atoms with Gasteiger partial charge < -0.3 is 9.64 Å². The Labute approximate surface area is 147 Å². The van der Waals surface area contributed by atoms with E-state index >= 15 is 0 Å². The molecule has 138 valence electrons. The number of nitrogens with zero attached hydrogens (tertiary/aromatic N) is 5. The van der Waals surface area contributed by atoms with Crippen molar-refractivity contribution in [1.82, 2.24) is 0 Å². The number of hydrogen-bond donors (Lipinski definition) is 0. The van der Waals surface area contributed by atoms with Gasteiger partial charge >= 0.3 is 11.4 Å². The van der Waals surface area contributed by atoms with E-state index in [1.54, 1.807) is 0 Å². The van der Waals surface area contributed by atoms with Gasteiger partial charge in [-0.25, -0.2) is 0 Å². The van der Waals surface area contributed by atoms with Gasteiger partial charge in [0.1, 0.15) is 0 Å².